The maximum atomic E-state index is 13.7. The fourth-order valence-corrected chi connectivity index (χ4v) is 5.98. The molecule has 48 heavy (non-hydrogen) atoms. The van der Waals surface area contributed by atoms with Crippen LogP contribution < -0.4 is 4.90 Å². The number of carbonyl (C=O) groups is 1. The average Bonchev–Trinajstić information content (AvgIpc) is 3.59. The van der Waals surface area contributed by atoms with Gasteiger partial charge in [0.15, 0.2) is 0 Å². The lowest BCUT2D eigenvalue weighted by molar-refractivity contribution is -0.137. The van der Waals surface area contributed by atoms with Crippen LogP contribution in [0.25, 0.3) is 11.8 Å². The molecule has 5 aromatic rings. The molecule has 1 aliphatic heterocycles. The van der Waals surface area contributed by atoms with E-state index >= 15 is 0 Å². The van der Waals surface area contributed by atoms with Crippen molar-refractivity contribution in [2.75, 3.05) is 25.0 Å². The number of carbonyl (C=O) groups excluding carboxylic acids is 1. The van der Waals surface area contributed by atoms with Crippen molar-refractivity contribution in [2.24, 2.45) is 0 Å². The summed E-state index contributed by atoms with van der Waals surface area (Å²) in [5.41, 5.74) is 4.97. The van der Waals surface area contributed by atoms with Crippen LogP contribution in [0.2, 0.25) is 0 Å². The molecule has 246 valence electrons. The number of halogens is 3. The molecular weight excluding hydrogens is 613 g/mol. The SMILES string of the molecule is CN(c1ccncc1)c1ccc(CN(C(=O)/C=C/c2ccc(C(F)(F)F)cc2)C2CCN(Cc3cnn(-c4ccccc4)c3)CC2)cc1. The minimum absolute atomic E-state index is 0.0113. The number of hydrogen-bond donors (Lipinski definition) is 0. The van der Waals surface area contributed by atoms with Crippen molar-refractivity contribution in [1.29, 1.82) is 0 Å². The predicted molar refractivity (Wildman–Crippen MR) is 182 cm³/mol. The number of pyridine rings is 1. The van der Waals surface area contributed by atoms with Gasteiger partial charge < -0.3 is 9.80 Å². The van der Waals surface area contributed by atoms with Crippen molar-refractivity contribution in [3.63, 3.8) is 0 Å². The number of rotatable bonds is 10. The van der Waals surface area contributed by atoms with Crippen LogP contribution in [0.3, 0.4) is 0 Å². The lowest BCUT2D eigenvalue weighted by Gasteiger charge is -2.38. The van der Waals surface area contributed by atoms with Crippen LogP contribution in [0, 0.1) is 0 Å². The van der Waals surface area contributed by atoms with Gasteiger partial charge in [-0.25, -0.2) is 4.68 Å². The second-order valence-corrected chi connectivity index (χ2v) is 12.0. The molecule has 1 amide bonds. The molecule has 3 heterocycles. The van der Waals surface area contributed by atoms with Crippen LogP contribution >= 0.6 is 0 Å². The maximum Gasteiger partial charge on any atom is 0.416 e. The van der Waals surface area contributed by atoms with Gasteiger partial charge in [-0.3, -0.25) is 14.7 Å². The molecule has 1 aliphatic rings. The standard InChI is InChI=1S/C38H37F3N6O/c1-44(34-17-21-42-22-18-34)33-14-9-30(10-15-33)27-46(37(48)16-11-29-7-12-32(13-8-29)38(39,40)41)35-19-23-45(24-20-35)26-31-25-43-47(28-31)36-5-3-2-4-6-36/h2-18,21-22,25,28,35H,19-20,23-24,26-27H2,1H3/b16-11+. The molecule has 2 aromatic heterocycles. The molecule has 1 fully saturated rings. The molecule has 0 saturated carbocycles. The van der Waals surface area contributed by atoms with Gasteiger partial charge in [-0.15, -0.1) is 0 Å². The zero-order valence-electron chi connectivity index (χ0n) is 26.7. The fraction of sp³-hybridized carbons (Fsp3) is 0.237. The highest BCUT2D eigenvalue weighted by atomic mass is 19.4. The second-order valence-electron chi connectivity index (χ2n) is 12.0. The quantitative estimate of drug-likeness (QED) is 0.145. The number of piperidine rings is 1. The van der Waals surface area contributed by atoms with Gasteiger partial charge in [0, 0.05) is 80.9 Å². The largest absolute Gasteiger partial charge is 0.416 e. The summed E-state index contributed by atoms with van der Waals surface area (Å²) in [4.78, 5) is 24.2. The van der Waals surface area contributed by atoms with Crippen molar-refractivity contribution in [1.82, 2.24) is 24.6 Å². The van der Waals surface area contributed by atoms with E-state index in [0.29, 0.717) is 12.1 Å². The number of hydrogen-bond acceptors (Lipinski definition) is 5. The van der Waals surface area contributed by atoms with Crippen LogP contribution in [-0.2, 0) is 24.1 Å². The summed E-state index contributed by atoms with van der Waals surface area (Å²) < 4.78 is 41.0. The van der Waals surface area contributed by atoms with Crippen LogP contribution in [-0.4, -0.2) is 56.7 Å². The highest BCUT2D eigenvalue weighted by Crippen LogP contribution is 2.30. The summed E-state index contributed by atoms with van der Waals surface area (Å²) in [6.45, 7) is 2.84. The van der Waals surface area contributed by atoms with Gasteiger partial charge >= 0.3 is 6.18 Å². The van der Waals surface area contributed by atoms with E-state index < -0.39 is 11.7 Å². The molecule has 1 saturated heterocycles. The normalized spacial score (nSPS) is 14.3. The first-order valence-corrected chi connectivity index (χ1v) is 15.9. The highest BCUT2D eigenvalue weighted by Gasteiger charge is 2.30. The van der Waals surface area contributed by atoms with Crippen molar-refractivity contribution in [3.05, 3.63) is 144 Å². The number of nitrogens with zero attached hydrogens (tertiary/aromatic N) is 6. The maximum absolute atomic E-state index is 13.7. The average molecular weight is 651 g/mol. The lowest BCUT2D eigenvalue weighted by atomic mass is 10.0. The van der Waals surface area contributed by atoms with Crippen LogP contribution in [0.4, 0.5) is 24.5 Å². The number of amides is 1. The second kappa shape index (κ2) is 14.7. The number of aromatic nitrogens is 3. The Labute approximate surface area is 278 Å². The summed E-state index contributed by atoms with van der Waals surface area (Å²) in [5, 5.41) is 4.53. The molecule has 0 N–H and O–H groups in total. The van der Waals surface area contributed by atoms with E-state index in [4.69, 9.17) is 0 Å². The van der Waals surface area contributed by atoms with Gasteiger partial charge in [0.05, 0.1) is 17.4 Å². The van der Waals surface area contributed by atoms with E-state index in [2.05, 4.69) is 26.1 Å². The molecule has 6 rings (SSSR count). The number of anilines is 2. The number of benzene rings is 3. The van der Waals surface area contributed by atoms with E-state index in [9.17, 15) is 18.0 Å². The molecule has 3 aromatic carbocycles. The molecule has 7 nitrogen and oxygen atoms in total. The van der Waals surface area contributed by atoms with Gasteiger partial charge in [0.2, 0.25) is 5.91 Å². The molecule has 10 heteroatoms. The predicted octanol–water partition coefficient (Wildman–Crippen LogP) is 7.76. The number of alkyl halides is 3. The molecule has 0 unspecified atom stereocenters. The Kier molecular flexibility index (Phi) is 10.0. The summed E-state index contributed by atoms with van der Waals surface area (Å²) >= 11 is 0. The molecule has 0 radical (unpaired) electrons. The highest BCUT2D eigenvalue weighted by molar-refractivity contribution is 5.92. The zero-order chi connectivity index (χ0) is 33.5. The number of para-hydroxylation sites is 1. The fourth-order valence-electron chi connectivity index (χ4n) is 5.98. The summed E-state index contributed by atoms with van der Waals surface area (Å²) in [7, 11) is 1.99. The molecule has 0 atom stereocenters. The Hall–Kier alpha value is -5.22. The molecule has 0 bridgehead atoms. The van der Waals surface area contributed by atoms with Gasteiger partial charge in [-0.1, -0.05) is 42.5 Å². The number of likely N-dealkylation sites (tertiary alicyclic amines) is 1. The Morgan fingerprint density at radius 3 is 2.21 bits per heavy atom. The molecular formula is C38H37F3N6O. The summed E-state index contributed by atoms with van der Waals surface area (Å²) in [6.07, 6.45) is 7.71. The first-order chi connectivity index (χ1) is 23.2. The minimum Gasteiger partial charge on any atom is -0.345 e. The minimum atomic E-state index is -4.41. The third kappa shape index (κ3) is 8.19. The van der Waals surface area contributed by atoms with E-state index in [0.717, 1.165) is 72.8 Å². The van der Waals surface area contributed by atoms with Crippen LogP contribution in [0.15, 0.2) is 122 Å². The smallest absolute Gasteiger partial charge is 0.345 e. The van der Waals surface area contributed by atoms with Crippen LogP contribution in [0.5, 0.6) is 0 Å². The monoisotopic (exact) mass is 650 g/mol. The Morgan fingerprint density at radius 1 is 0.875 bits per heavy atom. The van der Waals surface area contributed by atoms with Crippen molar-refractivity contribution >= 4 is 23.4 Å². The first-order valence-electron chi connectivity index (χ1n) is 15.9. The van der Waals surface area contributed by atoms with Gasteiger partial charge in [0.1, 0.15) is 0 Å². The molecule has 0 spiro atoms. The third-order valence-corrected chi connectivity index (χ3v) is 8.73. The first kappa shape index (κ1) is 32.7. The summed E-state index contributed by atoms with van der Waals surface area (Å²) in [6, 6.07) is 26.9. The topological polar surface area (TPSA) is 57.5 Å². The van der Waals surface area contributed by atoms with E-state index in [1.165, 1.54) is 18.2 Å². The zero-order valence-corrected chi connectivity index (χ0v) is 26.7. The van der Waals surface area contributed by atoms with Crippen molar-refractivity contribution in [3.8, 4) is 5.69 Å². The Morgan fingerprint density at radius 2 is 1.54 bits per heavy atom. The van der Waals surface area contributed by atoms with Gasteiger partial charge in [-0.05, 0) is 78.6 Å². The van der Waals surface area contributed by atoms with E-state index in [1.54, 1.807) is 18.5 Å². The lowest BCUT2D eigenvalue weighted by Crippen LogP contribution is -2.46. The Bertz CT molecular complexity index is 1800. The van der Waals surface area contributed by atoms with Crippen molar-refractivity contribution < 1.29 is 18.0 Å². The van der Waals surface area contributed by atoms with Crippen molar-refractivity contribution in [2.45, 2.75) is 38.1 Å². The van der Waals surface area contributed by atoms with E-state index in [1.807, 2.05) is 89.6 Å². The van der Waals surface area contributed by atoms with Gasteiger partial charge in [0.25, 0.3) is 0 Å². The summed E-state index contributed by atoms with van der Waals surface area (Å²) in [5.74, 6) is -0.171. The molecule has 0 aliphatic carbocycles. The van der Waals surface area contributed by atoms with Gasteiger partial charge in [-0.2, -0.15) is 18.3 Å². The Balaban J connectivity index is 1.14. The third-order valence-electron chi connectivity index (χ3n) is 8.73. The van der Waals surface area contributed by atoms with Crippen LogP contribution in [0.1, 0.15) is 35.1 Å². The van der Waals surface area contributed by atoms with E-state index in [-0.39, 0.29) is 11.9 Å².